The molecule has 0 heterocycles. The minimum absolute atomic E-state index is 0.187. The van der Waals surface area contributed by atoms with Crippen LogP contribution in [0, 0.1) is 12.3 Å². The molecule has 1 aromatic carbocycles. The molecule has 0 fully saturated rings. The first-order chi connectivity index (χ1) is 6.95. The highest BCUT2D eigenvalue weighted by molar-refractivity contribution is 5.50. The lowest BCUT2D eigenvalue weighted by Crippen LogP contribution is -2.18. The Hall–Kier alpha value is -1.42. The Labute approximate surface area is 93.1 Å². The highest BCUT2D eigenvalue weighted by Crippen LogP contribution is 2.25. The van der Waals surface area contributed by atoms with E-state index in [0.29, 0.717) is 6.54 Å². The molecule has 0 unspecified atom stereocenters. The van der Waals surface area contributed by atoms with Crippen LogP contribution in [0.5, 0.6) is 0 Å². The molecule has 1 aromatic rings. The largest absolute Gasteiger partial charge is 0.363 e. The molecule has 0 aliphatic heterocycles. The summed E-state index contributed by atoms with van der Waals surface area (Å²) >= 11 is 0. The Morgan fingerprint density at radius 1 is 1.33 bits per heavy atom. The van der Waals surface area contributed by atoms with Crippen molar-refractivity contribution in [2.45, 2.75) is 26.2 Å². The first-order valence-electron chi connectivity index (χ1n) is 5.20. The van der Waals surface area contributed by atoms with Gasteiger partial charge in [0.05, 0.1) is 6.54 Å². The topological polar surface area (TPSA) is 3.24 Å². The van der Waals surface area contributed by atoms with E-state index < -0.39 is 0 Å². The van der Waals surface area contributed by atoms with E-state index in [-0.39, 0.29) is 5.41 Å². The smallest absolute Gasteiger partial charge is 0.0788 e. The third-order valence-corrected chi connectivity index (χ3v) is 2.48. The van der Waals surface area contributed by atoms with Crippen LogP contribution in [0.4, 0.5) is 5.69 Å². The molecule has 0 radical (unpaired) electrons. The van der Waals surface area contributed by atoms with E-state index in [9.17, 15) is 0 Å². The van der Waals surface area contributed by atoms with Crippen molar-refractivity contribution in [3.05, 3.63) is 29.8 Å². The van der Waals surface area contributed by atoms with Gasteiger partial charge in [-0.25, -0.2) is 0 Å². The minimum atomic E-state index is 0.187. The van der Waals surface area contributed by atoms with E-state index in [1.807, 2.05) is 7.05 Å². The van der Waals surface area contributed by atoms with Gasteiger partial charge in [0.2, 0.25) is 0 Å². The fourth-order valence-corrected chi connectivity index (χ4v) is 1.44. The fraction of sp³-hybridized carbons (Fsp3) is 0.429. The molecule has 0 saturated carbocycles. The number of benzene rings is 1. The lowest BCUT2D eigenvalue weighted by molar-refractivity contribution is 0.590. The summed E-state index contributed by atoms with van der Waals surface area (Å²) in [6.45, 7) is 7.29. The molecule has 0 aliphatic rings. The minimum Gasteiger partial charge on any atom is -0.363 e. The summed E-state index contributed by atoms with van der Waals surface area (Å²) in [6, 6.07) is 8.54. The van der Waals surface area contributed by atoms with Crippen LogP contribution in [-0.2, 0) is 5.41 Å². The van der Waals surface area contributed by atoms with E-state index >= 15 is 0 Å². The molecule has 0 spiro atoms. The maximum atomic E-state index is 5.30. The van der Waals surface area contributed by atoms with E-state index in [2.05, 4.69) is 55.9 Å². The monoisotopic (exact) mass is 201 g/mol. The standard InChI is InChI=1S/C14H19N/c1-6-10-15(5)13-9-7-8-12(11-13)14(2,3)4/h1,7-9,11H,10H2,2-5H3. The lowest BCUT2D eigenvalue weighted by Gasteiger charge is -2.22. The molecule has 0 atom stereocenters. The average Bonchev–Trinajstić information content (AvgIpc) is 2.17. The van der Waals surface area contributed by atoms with Crippen LogP contribution < -0.4 is 4.90 Å². The predicted molar refractivity (Wildman–Crippen MR) is 67.2 cm³/mol. The maximum Gasteiger partial charge on any atom is 0.0788 e. The van der Waals surface area contributed by atoms with Gasteiger partial charge in [-0.2, -0.15) is 0 Å². The van der Waals surface area contributed by atoms with E-state index in [1.54, 1.807) is 0 Å². The van der Waals surface area contributed by atoms with E-state index in [4.69, 9.17) is 6.42 Å². The van der Waals surface area contributed by atoms with Gasteiger partial charge in [-0.1, -0.05) is 38.8 Å². The molecule has 0 aliphatic carbocycles. The van der Waals surface area contributed by atoms with Crippen LogP contribution in [-0.4, -0.2) is 13.6 Å². The zero-order chi connectivity index (χ0) is 11.5. The highest BCUT2D eigenvalue weighted by atomic mass is 15.1. The lowest BCUT2D eigenvalue weighted by atomic mass is 9.87. The molecule has 0 amide bonds. The van der Waals surface area contributed by atoms with Crippen LogP contribution >= 0.6 is 0 Å². The Morgan fingerprint density at radius 2 is 2.00 bits per heavy atom. The summed E-state index contributed by atoms with van der Waals surface area (Å²) in [6.07, 6.45) is 5.30. The third kappa shape index (κ3) is 3.02. The summed E-state index contributed by atoms with van der Waals surface area (Å²) in [5, 5.41) is 0. The quantitative estimate of drug-likeness (QED) is 0.665. The van der Waals surface area contributed by atoms with Gasteiger partial charge in [0.25, 0.3) is 0 Å². The molecule has 0 bridgehead atoms. The molecule has 1 rings (SSSR count). The van der Waals surface area contributed by atoms with Gasteiger partial charge in [-0.15, -0.1) is 6.42 Å². The summed E-state index contributed by atoms with van der Waals surface area (Å²) in [7, 11) is 2.02. The number of hydrogen-bond acceptors (Lipinski definition) is 1. The summed E-state index contributed by atoms with van der Waals surface area (Å²) in [4.78, 5) is 2.08. The van der Waals surface area contributed by atoms with Crippen LogP contribution in [0.25, 0.3) is 0 Å². The molecule has 0 aromatic heterocycles. The molecule has 0 saturated heterocycles. The van der Waals surface area contributed by atoms with Gasteiger partial charge < -0.3 is 4.90 Å². The Balaban J connectivity index is 2.99. The van der Waals surface area contributed by atoms with Crippen molar-refractivity contribution in [2.24, 2.45) is 0 Å². The Kier molecular flexibility index (Phi) is 3.42. The van der Waals surface area contributed by atoms with Crippen LogP contribution in [0.15, 0.2) is 24.3 Å². The number of hydrogen-bond donors (Lipinski definition) is 0. The number of terminal acetylenes is 1. The molecular weight excluding hydrogens is 182 g/mol. The first-order valence-corrected chi connectivity index (χ1v) is 5.20. The highest BCUT2D eigenvalue weighted by Gasteiger charge is 2.14. The number of nitrogens with zero attached hydrogens (tertiary/aromatic N) is 1. The normalized spacial score (nSPS) is 10.9. The molecule has 1 nitrogen and oxygen atoms in total. The zero-order valence-electron chi connectivity index (χ0n) is 10.0. The average molecular weight is 201 g/mol. The Morgan fingerprint density at radius 3 is 2.53 bits per heavy atom. The second-order valence-electron chi connectivity index (χ2n) is 4.86. The van der Waals surface area contributed by atoms with Crippen molar-refractivity contribution in [3.8, 4) is 12.3 Å². The van der Waals surface area contributed by atoms with Crippen molar-refractivity contribution >= 4 is 5.69 Å². The van der Waals surface area contributed by atoms with Crippen molar-refractivity contribution in [1.82, 2.24) is 0 Å². The third-order valence-electron chi connectivity index (χ3n) is 2.48. The summed E-state index contributed by atoms with van der Waals surface area (Å²) in [5.74, 6) is 2.65. The molecule has 0 N–H and O–H groups in total. The maximum absolute atomic E-state index is 5.30. The predicted octanol–water partition coefficient (Wildman–Crippen LogP) is 3.05. The van der Waals surface area contributed by atoms with Gasteiger partial charge >= 0.3 is 0 Å². The van der Waals surface area contributed by atoms with Gasteiger partial charge in [-0.3, -0.25) is 0 Å². The van der Waals surface area contributed by atoms with Crippen LogP contribution in [0.1, 0.15) is 26.3 Å². The van der Waals surface area contributed by atoms with Gasteiger partial charge in [0.15, 0.2) is 0 Å². The van der Waals surface area contributed by atoms with Crippen molar-refractivity contribution < 1.29 is 0 Å². The fourth-order valence-electron chi connectivity index (χ4n) is 1.44. The SMILES string of the molecule is C#CCN(C)c1cccc(C(C)(C)C)c1. The molecular formula is C14H19N. The molecule has 1 heteroatoms. The van der Waals surface area contributed by atoms with Crippen molar-refractivity contribution in [2.75, 3.05) is 18.5 Å². The first kappa shape index (κ1) is 11.7. The van der Waals surface area contributed by atoms with Crippen LogP contribution in [0.3, 0.4) is 0 Å². The second-order valence-corrected chi connectivity index (χ2v) is 4.86. The summed E-state index contributed by atoms with van der Waals surface area (Å²) in [5.41, 5.74) is 2.71. The molecule has 80 valence electrons. The Bertz CT molecular complexity index is 366. The molecule has 15 heavy (non-hydrogen) atoms. The van der Waals surface area contributed by atoms with Gasteiger partial charge in [0, 0.05) is 12.7 Å². The van der Waals surface area contributed by atoms with E-state index in [1.165, 1.54) is 11.3 Å². The van der Waals surface area contributed by atoms with E-state index in [0.717, 1.165) is 0 Å². The van der Waals surface area contributed by atoms with Crippen LogP contribution in [0.2, 0.25) is 0 Å². The summed E-state index contributed by atoms with van der Waals surface area (Å²) < 4.78 is 0. The van der Waals surface area contributed by atoms with Gasteiger partial charge in [-0.05, 0) is 23.1 Å². The number of rotatable bonds is 2. The second kappa shape index (κ2) is 4.40. The van der Waals surface area contributed by atoms with Crippen molar-refractivity contribution in [3.63, 3.8) is 0 Å². The zero-order valence-corrected chi connectivity index (χ0v) is 10.0. The van der Waals surface area contributed by atoms with Crippen molar-refractivity contribution in [1.29, 1.82) is 0 Å². The van der Waals surface area contributed by atoms with Gasteiger partial charge in [0.1, 0.15) is 0 Å². The number of anilines is 1.